The molecule has 3 aromatic rings. The van der Waals surface area contributed by atoms with E-state index in [4.69, 9.17) is 0 Å². The highest BCUT2D eigenvalue weighted by Gasteiger charge is 2.51. The van der Waals surface area contributed by atoms with E-state index in [9.17, 15) is 35.9 Å². The summed E-state index contributed by atoms with van der Waals surface area (Å²) in [6, 6.07) is 4.16. The van der Waals surface area contributed by atoms with Gasteiger partial charge in [0.2, 0.25) is 5.91 Å². The van der Waals surface area contributed by atoms with Gasteiger partial charge >= 0.3 is 18.0 Å². The number of halogens is 6. The quantitative estimate of drug-likeness (QED) is 0.476. The average molecular weight is 527 g/mol. The number of benzene rings is 1. The molecule has 1 saturated heterocycles. The van der Waals surface area contributed by atoms with E-state index in [1.54, 1.807) is 32.3 Å². The number of imidazole rings is 1. The van der Waals surface area contributed by atoms with Crippen molar-refractivity contribution in [2.75, 3.05) is 16.8 Å². The van der Waals surface area contributed by atoms with Gasteiger partial charge in [-0.1, -0.05) is 0 Å². The number of likely N-dealkylation sites (N-methyl/N-ethyl adjacent to an activating group) is 1. The molecule has 2 fully saturated rings. The third kappa shape index (κ3) is 4.04. The molecule has 1 aromatic carbocycles. The number of hydrogen-bond donors (Lipinski definition) is 0. The topological polar surface area (TPSA) is 63.4 Å². The molecule has 7 nitrogen and oxygen atoms in total. The van der Waals surface area contributed by atoms with Crippen LogP contribution in [0.1, 0.15) is 30.5 Å². The van der Waals surface area contributed by atoms with E-state index in [2.05, 4.69) is 4.98 Å². The summed E-state index contributed by atoms with van der Waals surface area (Å²) in [7, 11) is 4.70. The zero-order chi connectivity index (χ0) is 27.0. The number of aromatic nitrogens is 3. The summed E-state index contributed by atoms with van der Waals surface area (Å²) in [5.41, 5.74) is -1.72. The van der Waals surface area contributed by atoms with E-state index in [0.717, 1.165) is 0 Å². The third-order valence-electron chi connectivity index (χ3n) is 7.51. The Morgan fingerprint density at radius 3 is 2.30 bits per heavy atom. The van der Waals surface area contributed by atoms with Crippen molar-refractivity contribution in [2.24, 2.45) is 20.0 Å². The summed E-state index contributed by atoms with van der Waals surface area (Å²) in [5, 5.41) is 0. The van der Waals surface area contributed by atoms with Crippen molar-refractivity contribution in [1.29, 1.82) is 0 Å². The number of carbonyl (C=O) groups excluding carboxylic acids is 1. The molecule has 37 heavy (non-hydrogen) atoms. The Morgan fingerprint density at radius 2 is 1.65 bits per heavy atom. The molecule has 0 radical (unpaired) electrons. The molecular weight excluding hydrogens is 504 g/mol. The van der Waals surface area contributed by atoms with Gasteiger partial charge in [0.15, 0.2) is 0 Å². The number of piperidine rings is 1. The minimum Gasteiger partial charge on any atom is -0.341 e. The first-order valence-electron chi connectivity index (χ1n) is 11.6. The van der Waals surface area contributed by atoms with Crippen LogP contribution in [0, 0.1) is 5.92 Å². The molecule has 3 heterocycles. The van der Waals surface area contributed by atoms with Crippen LogP contribution in [0.25, 0.3) is 11.0 Å². The monoisotopic (exact) mass is 527 g/mol. The molecule has 0 spiro atoms. The number of carbonyl (C=O) groups is 1. The molecule has 1 saturated carbocycles. The molecule has 13 heteroatoms. The van der Waals surface area contributed by atoms with Gasteiger partial charge in [0.1, 0.15) is 17.6 Å². The summed E-state index contributed by atoms with van der Waals surface area (Å²) in [4.78, 5) is 32.2. The SMILES string of the molecule is CN(C(=O)[C@@H]1[C@H]2CC[C@H](C2)N1c1cc(C(F)(F)F)cc(C(F)(F)F)n1)c1ccc2c(c1)n(C)c(=O)n2C. The molecule has 0 unspecified atom stereocenters. The van der Waals surface area contributed by atoms with Crippen LogP contribution in [0.2, 0.25) is 0 Å². The van der Waals surface area contributed by atoms with Gasteiger partial charge in [-0.05, 0) is 55.5 Å². The summed E-state index contributed by atoms with van der Waals surface area (Å²) < 4.78 is 83.7. The predicted octanol–water partition coefficient (Wildman–Crippen LogP) is 4.33. The highest BCUT2D eigenvalue weighted by atomic mass is 19.4. The molecule has 2 bridgehead atoms. The number of anilines is 2. The number of amides is 1. The lowest BCUT2D eigenvalue weighted by molar-refractivity contribution is -0.145. The van der Waals surface area contributed by atoms with E-state index in [1.807, 2.05) is 0 Å². The lowest BCUT2D eigenvalue weighted by atomic mass is 9.97. The second kappa shape index (κ2) is 8.25. The normalized spacial score (nSPS) is 21.8. The molecule has 1 aliphatic carbocycles. The zero-order valence-corrected chi connectivity index (χ0v) is 20.1. The van der Waals surface area contributed by atoms with Gasteiger partial charge in [0, 0.05) is 32.9 Å². The molecule has 2 aliphatic rings. The Labute approximate surface area is 206 Å². The molecule has 1 aliphatic heterocycles. The van der Waals surface area contributed by atoms with E-state index >= 15 is 0 Å². The predicted molar refractivity (Wildman–Crippen MR) is 123 cm³/mol. The largest absolute Gasteiger partial charge is 0.433 e. The molecule has 5 rings (SSSR count). The van der Waals surface area contributed by atoms with Crippen molar-refractivity contribution in [3.8, 4) is 0 Å². The van der Waals surface area contributed by atoms with Gasteiger partial charge in [-0.25, -0.2) is 9.78 Å². The van der Waals surface area contributed by atoms with Gasteiger partial charge in [0.05, 0.1) is 16.6 Å². The van der Waals surface area contributed by atoms with E-state index in [0.29, 0.717) is 42.0 Å². The summed E-state index contributed by atoms with van der Waals surface area (Å²) in [6.45, 7) is 0. The van der Waals surface area contributed by atoms with E-state index < -0.39 is 47.4 Å². The number of hydrogen-bond acceptors (Lipinski definition) is 4. The molecular formula is C24H23F6N5O2. The maximum atomic E-state index is 13.7. The second-order valence-electron chi connectivity index (χ2n) is 9.64. The van der Waals surface area contributed by atoms with Crippen molar-refractivity contribution < 1.29 is 31.1 Å². The van der Waals surface area contributed by atoms with Gasteiger partial charge in [-0.2, -0.15) is 26.3 Å². The van der Waals surface area contributed by atoms with Crippen LogP contribution in [0.4, 0.5) is 37.8 Å². The Bertz CT molecular complexity index is 1420. The van der Waals surface area contributed by atoms with E-state index in [-0.39, 0.29) is 17.7 Å². The molecule has 2 aromatic heterocycles. The van der Waals surface area contributed by atoms with Crippen molar-refractivity contribution in [3.05, 3.63) is 52.1 Å². The number of rotatable bonds is 3. The van der Waals surface area contributed by atoms with Crippen LogP contribution in [0.5, 0.6) is 0 Å². The minimum atomic E-state index is -5.09. The van der Waals surface area contributed by atoms with Crippen molar-refractivity contribution in [1.82, 2.24) is 14.1 Å². The molecule has 0 N–H and O–H groups in total. The number of alkyl halides is 6. The van der Waals surface area contributed by atoms with E-state index in [1.165, 1.54) is 26.0 Å². The van der Waals surface area contributed by atoms with Crippen LogP contribution >= 0.6 is 0 Å². The van der Waals surface area contributed by atoms with Crippen molar-refractivity contribution >= 4 is 28.4 Å². The van der Waals surface area contributed by atoms with Gasteiger partial charge < -0.3 is 9.80 Å². The Morgan fingerprint density at radius 1 is 0.973 bits per heavy atom. The summed E-state index contributed by atoms with van der Waals surface area (Å²) in [5.74, 6) is -1.22. The lowest BCUT2D eigenvalue weighted by Gasteiger charge is -2.37. The fourth-order valence-corrected chi connectivity index (χ4v) is 5.62. The number of nitrogens with zero attached hydrogens (tertiary/aromatic N) is 5. The fourth-order valence-electron chi connectivity index (χ4n) is 5.62. The summed E-state index contributed by atoms with van der Waals surface area (Å²) in [6.07, 6.45) is -8.48. The second-order valence-corrected chi connectivity index (χ2v) is 9.64. The first-order valence-corrected chi connectivity index (χ1v) is 11.6. The number of aryl methyl sites for hydroxylation is 2. The number of fused-ring (bicyclic) bond motifs is 3. The minimum absolute atomic E-state index is 0.0138. The third-order valence-corrected chi connectivity index (χ3v) is 7.51. The lowest BCUT2D eigenvalue weighted by Crippen LogP contribution is -2.51. The van der Waals surface area contributed by atoms with Crippen LogP contribution in [0.15, 0.2) is 35.1 Å². The number of pyridine rings is 1. The standard InChI is InChI=1S/C24H23F6N5O2/c1-32(14-6-7-16-17(11-14)34(3)22(37)33(16)2)21(36)20-12-4-5-15(8-12)35(20)19-10-13(23(25,26)27)9-18(31-19)24(28,29)30/h6-7,9-12,15,20H,4-5,8H2,1-3H3/t12-,15+,20-/m0/s1. The summed E-state index contributed by atoms with van der Waals surface area (Å²) >= 11 is 0. The molecule has 3 atom stereocenters. The first kappa shape index (κ1) is 25.2. The van der Waals surface area contributed by atoms with Crippen LogP contribution < -0.4 is 15.5 Å². The average Bonchev–Trinajstić information content (AvgIpc) is 3.51. The van der Waals surface area contributed by atoms with Gasteiger partial charge in [-0.15, -0.1) is 0 Å². The van der Waals surface area contributed by atoms with Crippen LogP contribution in [-0.2, 0) is 31.2 Å². The zero-order valence-electron chi connectivity index (χ0n) is 20.1. The van der Waals surface area contributed by atoms with Crippen LogP contribution in [0.3, 0.4) is 0 Å². The maximum absolute atomic E-state index is 13.7. The highest BCUT2D eigenvalue weighted by molar-refractivity contribution is 6.00. The Hall–Kier alpha value is -3.51. The highest BCUT2D eigenvalue weighted by Crippen LogP contribution is 2.47. The Balaban J connectivity index is 1.55. The fraction of sp³-hybridized carbons (Fsp3) is 0.458. The maximum Gasteiger partial charge on any atom is 0.433 e. The van der Waals surface area contributed by atoms with Crippen LogP contribution in [-0.4, -0.2) is 39.2 Å². The first-order chi connectivity index (χ1) is 17.2. The van der Waals surface area contributed by atoms with Gasteiger partial charge in [0.25, 0.3) is 0 Å². The van der Waals surface area contributed by atoms with Gasteiger partial charge in [-0.3, -0.25) is 13.9 Å². The molecule has 1 amide bonds. The Kier molecular flexibility index (Phi) is 5.61. The molecule has 198 valence electrons. The van der Waals surface area contributed by atoms with Crippen molar-refractivity contribution in [2.45, 2.75) is 43.7 Å². The smallest absolute Gasteiger partial charge is 0.341 e. The van der Waals surface area contributed by atoms with Crippen molar-refractivity contribution in [3.63, 3.8) is 0 Å².